The van der Waals surface area contributed by atoms with E-state index in [2.05, 4.69) is 52.1 Å². The van der Waals surface area contributed by atoms with Gasteiger partial charge in [-0.3, -0.25) is 9.63 Å². The summed E-state index contributed by atoms with van der Waals surface area (Å²) in [6.07, 6.45) is 8.59. The van der Waals surface area contributed by atoms with Gasteiger partial charge in [-0.2, -0.15) is 0 Å². The molecule has 0 aromatic heterocycles. The van der Waals surface area contributed by atoms with Crippen molar-refractivity contribution in [3.05, 3.63) is 82.9 Å². The number of fused-ring (bicyclic) bond motifs is 2. The second kappa shape index (κ2) is 17.0. The predicted octanol–water partition coefficient (Wildman–Crippen LogP) is 4.28. The molecular formula is C28H34ClN3O6. The van der Waals surface area contributed by atoms with Crippen LogP contribution >= 0.6 is 11.6 Å². The van der Waals surface area contributed by atoms with E-state index in [-0.39, 0.29) is 5.91 Å². The number of carboxylic acid groups (broad SMARTS) is 2. The number of hydrogen-bond acceptors (Lipinski definition) is 6. The number of aliphatic carboxylic acids is 2. The third-order valence-electron chi connectivity index (χ3n) is 5.49. The average Bonchev–Trinajstić information content (AvgIpc) is 3.04. The van der Waals surface area contributed by atoms with Crippen LogP contribution in [0, 0.1) is 0 Å². The van der Waals surface area contributed by atoms with Crippen molar-refractivity contribution in [2.45, 2.75) is 32.6 Å². The maximum absolute atomic E-state index is 11.4. The number of para-hydroxylation sites is 1. The first-order chi connectivity index (χ1) is 18.3. The lowest BCUT2D eigenvalue weighted by atomic mass is 10.0. The van der Waals surface area contributed by atoms with Gasteiger partial charge in [0.2, 0.25) is 0 Å². The fraction of sp³-hybridized carbons (Fsp3) is 0.321. The van der Waals surface area contributed by atoms with E-state index in [1.165, 1.54) is 28.6 Å². The number of carbonyl (C=O) groups excluding carboxylic acids is 1. The monoisotopic (exact) mass is 543 g/mol. The van der Waals surface area contributed by atoms with E-state index < -0.39 is 11.9 Å². The minimum Gasteiger partial charge on any atom is -0.478 e. The summed E-state index contributed by atoms with van der Waals surface area (Å²) in [5, 5.41) is 19.7. The molecule has 10 heteroatoms. The van der Waals surface area contributed by atoms with Crippen molar-refractivity contribution < 1.29 is 29.4 Å². The molecule has 0 saturated heterocycles. The molecule has 0 radical (unpaired) electrons. The van der Waals surface area contributed by atoms with Crippen molar-refractivity contribution in [1.82, 2.24) is 10.8 Å². The third kappa shape index (κ3) is 11.2. The maximum atomic E-state index is 11.4. The van der Waals surface area contributed by atoms with Gasteiger partial charge in [0.25, 0.3) is 5.91 Å². The zero-order chi connectivity index (χ0) is 27.8. The number of unbranched alkanes of at least 4 members (excludes halogenated alkanes) is 1. The van der Waals surface area contributed by atoms with Crippen molar-refractivity contribution >= 4 is 40.8 Å². The van der Waals surface area contributed by atoms with Crippen LogP contribution in [0.5, 0.6) is 0 Å². The largest absolute Gasteiger partial charge is 0.478 e. The molecule has 1 aliphatic heterocycles. The van der Waals surface area contributed by atoms with E-state index >= 15 is 0 Å². The molecule has 1 aliphatic rings. The third-order valence-corrected chi connectivity index (χ3v) is 5.72. The van der Waals surface area contributed by atoms with Crippen LogP contribution in [0.25, 0.3) is 0 Å². The highest BCUT2D eigenvalue weighted by Gasteiger charge is 2.20. The van der Waals surface area contributed by atoms with Crippen molar-refractivity contribution in [3.8, 4) is 0 Å². The predicted molar refractivity (Wildman–Crippen MR) is 148 cm³/mol. The summed E-state index contributed by atoms with van der Waals surface area (Å²) in [5.74, 6) is -2.75. The topological polar surface area (TPSA) is 128 Å². The van der Waals surface area contributed by atoms with Crippen molar-refractivity contribution in [3.63, 3.8) is 0 Å². The van der Waals surface area contributed by atoms with Crippen LogP contribution in [0.3, 0.4) is 0 Å². The molecule has 204 valence electrons. The summed E-state index contributed by atoms with van der Waals surface area (Å²) in [6, 6.07) is 14.9. The van der Waals surface area contributed by atoms with Gasteiger partial charge in [-0.05, 0) is 68.5 Å². The molecule has 9 nitrogen and oxygen atoms in total. The Balaban J connectivity index is 0.000000550. The summed E-state index contributed by atoms with van der Waals surface area (Å²) in [5.41, 5.74) is 7.59. The molecule has 2 aromatic rings. The molecule has 4 N–H and O–H groups in total. The van der Waals surface area contributed by atoms with Crippen LogP contribution in [0.1, 0.15) is 30.9 Å². The Morgan fingerprint density at radius 2 is 1.66 bits per heavy atom. The van der Waals surface area contributed by atoms with Crippen LogP contribution in [0.2, 0.25) is 5.02 Å². The highest BCUT2D eigenvalue weighted by Crippen LogP contribution is 2.37. The maximum Gasteiger partial charge on any atom is 0.328 e. The SMILES string of the molecule is CCONC(=O)/C=C/CNCCCCN1c2ccccc2CCc2ccc(Cl)cc21.O=C(O)/C=C\C(=O)O. The summed E-state index contributed by atoms with van der Waals surface area (Å²) in [7, 11) is 0. The molecule has 0 saturated carbocycles. The lowest BCUT2D eigenvalue weighted by molar-refractivity contribution is -0.134. The molecule has 0 aliphatic carbocycles. The first-order valence-electron chi connectivity index (χ1n) is 12.4. The highest BCUT2D eigenvalue weighted by atomic mass is 35.5. The van der Waals surface area contributed by atoms with E-state index in [1.54, 1.807) is 6.08 Å². The molecule has 0 unspecified atom stereocenters. The lowest BCUT2D eigenvalue weighted by Crippen LogP contribution is -2.23. The van der Waals surface area contributed by atoms with Gasteiger partial charge in [0, 0.05) is 47.7 Å². The molecule has 0 fully saturated rings. The number of hydroxylamine groups is 1. The lowest BCUT2D eigenvalue weighted by Gasteiger charge is -2.27. The van der Waals surface area contributed by atoms with Crippen LogP contribution in [0.15, 0.2) is 66.8 Å². The van der Waals surface area contributed by atoms with Gasteiger partial charge in [0.1, 0.15) is 0 Å². The zero-order valence-corrected chi connectivity index (χ0v) is 22.1. The standard InChI is InChI=1S/C24H30ClN3O2.C4H4O4/c1-2-30-27-24(29)10-7-16-26-15-5-6-17-28-22-9-4-3-8-19(22)11-12-20-13-14-21(25)18-23(20)28;5-3(6)1-2-4(7)8/h3-4,7-10,13-14,18,26H,2,5-6,11-12,15-17H2,1H3,(H,27,29);1-2H,(H,5,6)(H,7,8)/b10-7+;2-1-. The highest BCUT2D eigenvalue weighted by molar-refractivity contribution is 6.30. The Morgan fingerprint density at radius 3 is 2.34 bits per heavy atom. The van der Waals surface area contributed by atoms with E-state index in [4.69, 9.17) is 26.7 Å². The number of benzene rings is 2. The number of rotatable bonds is 12. The summed E-state index contributed by atoms with van der Waals surface area (Å²) in [6.45, 7) is 4.78. The van der Waals surface area contributed by atoms with Gasteiger partial charge in [0.15, 0.2) is 0 Å². The number of carbonyl (C=O) groups is 3. The van der Waals surface area contributed by atoms with Gasteiger partial charge in [-0.15, -0.1) is 0 Å². The average molecular weight is 544 g/mol. The van der Waals surface area contributed by atoms with Gasteiger partial charge in [0.05, 0.1) is 6.61 Å². The second-order valence-electron chi connectivity index (χ2n) is 8.28. The van der Waals surface area contributed by atoms with Crippen molar-refractivity contribution in [1.29, 1.82) is 0 Å². The van der Waals surface area contributed by atoms with E-state index in [1.807, 2.05) is 13.0 Å². The Labute approximate surface area is 227 Å². The molecule has 38 heavy (non-hydrogen) atoms. The number of carboxylic acids is 2. The van der Waals surface area contributed by atoms with Crippen LogP contribution in [0.4, 0.5) is 11.4 Å². The first-order valence-corrected chi connectivity index (χ1v) is 12.8. The fourth-order valence-corrected chi connectivity index (χ4v) is 3.98. The molecule has 3 rings (SSSR count). The summed E-state index contributed by atoms with van der Waals surface area (Å²) in [4.78, 5) is 37.8. The number of hydrogen-bond donors (Lipinski definition) is 4. The molecule has 0 bridgehead atoms. The Hall–Kier alpha value is -3.66. The molecule has 2 aromatic carbocycles. The number of amides is 1. The number of nitrogens with zero attached hydrogens (tertiary/aromatic N) is 1. The number of halogens is 1. The molecule has 0 spiro atoms. The van der Waals surface area contributed by atoms with Gasteiger partial charge in [-0.25, -0.2) is 15.1 Å². The van der Waals surface area contributed by atoms with Gasteiger partial charge < -0.3 is 20.4 Å². The smallest absolute Gasteiger partial charge is 0.328 e. The molecule has 1 amide bonds. The van der Waals surface area contributed by atoms with Gasteiger partial charge in [-0.1, -0.05) is 41.9 Å². The molecule has 0 atom stereocenters. The summed E-state index contributed by atoms with van der Waals surface area (Å²) >= 11 is 6.33. The zero-order valence-electron chi connectivity index (χ0n) is 21.4. The Morgan fingerprint density at radius 1 is 0.974 bits per heavy atom. The second-order valence-corrected chi connectivity index (χ2v) is 8.71. The Kier molecular flexibility index (Phi) is 13.6. The van der Waals surface area contributed by atoms with Crippen LogP contribution in [-0.2, 0) is 32.1 Å². The quantitative estimate of drug-likeness (QED) is 0.177. The van der Waals surface area contributed by atoms with Crippen LogP contribution < -0.4 is 15.7 Å². The first kappa shape index (κ1) is 30.6. The minimum atomic E-state index is -1.26. The normalized spacial score (nSPS) is 12.3. The van der Waals surface area contributed by atoms with Crippen LogP contribution in [-0.4, -0.2) is 54.3 Å². The minimum absolute atomic E-state index is 0.240. The number of nitrogens with one attached hydrogen (secondary N) is 2. The van der Waals surface area contributed by atoms with Crippen molar-refractivity contribution in [2.24, 2.45) is 0 Å². The van der Waals surface area contributed by atoms with E-state index in [0.717, 1.165) is 43.8 Å². The molecular weight excluding hydrogens is 510 g/mol. The fourth-order valence-electron chi connectivity index (χ4n) is 3.82. The molecule has 1 heterocycles. The summed E-state index contributed by atoms with van der Waals surface area (Å²) < 4.78 is 0. The number of aryl methyl sites for hydroxylation is 2. The van der Waals surface area contributed by atoms with E-state index in [9.17, 15) is 14.4 Å². The van der Waals surface area contributed by atoms with Gasteiger partial charge >= 0.3 is 11.9 Å². The van der Waals surface area contributed by atoms with E-state index in [0.29, 0.717) is 25.3 Å². The Bertz CT molecular complexity index is 1120. The number of anilines is 2. The van der Waals surface area contributed by atoms with Crippen molar-refractivity contribution in [2.75, 3.05) is 31.1 Å².